The van der Waals surface area contributed by atoms with Crippen molar-refractivity contribution in [2.75, 3.05) is 10.6 Å². The van der Waals surface area contributed by atoms with Crippen molar-refractivity contribution in [1.29, 1.82) is 0 Å². The molecule has 0 saturated heterocycles. The Morgan fingerprint density at radius 3 is 2.21 bits per heavy atom. The van der Waals surface area contributed by atoms with Gasteiger partial charge in [0.2, 0.25) is 0 Å². The number of nitrogens with two attached hydrogens (primary N) is 1. The Bertz CT molecular complexity index is 775. The predicted molar refractivity (Wildman–Crippen MR) is 83.0 cm³/mol. The van der Waals surface area contributed by atoms with Crippen LogP contribution in [0.5, 0.6) is 0 Å². The first-order valence-electron chi connectivity index (χ1n) is 6.63. The van der Waals surface area contributed by atoms with Gasteiger partial charge in [-0.25, -0.2) is 4.79 Å². The highest BCUT2D eigenvalue weighted by atomic mass is 19.4. The standard InChI is InChI=1S/C15H13F3N4O2/c16-15(17,18)10-4-2-6-12(8-10)21-14(23)20-11-5-1-3-9(7-11)13(19)22-24/h1-8,24H,(H2,19,22)(H2,20,21,23). The summed E-state index contributed by atoms with van der Waals surface area (Å²) in [7, 11) is 0. The number of hydrogen-bond acceptors (Lipinski definition) is 3. The molecule has 6 nitrogen and oxygen atoms in total. The molecule has 2 rings (SSSR count). The van der Waals surface area contributed by atoms with Gasteiger partial charge in [0.1, 0.15) is 0 Å². The summed E-state index contributed by atoms with van der Waals surface area (Å²) in [6.07, 6.45) is -4.50. The molecule has 0 unspecified atom stereocenters. The smallest absolute Gasteiger partial charge is 0.409 e. The van der Waals surface area contributed by atoms with E-state index in [0.29, 0.717) is 11.3 Å². The predicted octanol–water partition coefficient (Wildman–Crippen LogP) is 3.44. The van der Waals surface area contributed by atoms with Crippen molar-refractivity contribution in [1.82, 2.24) is 0 Å². The zero-order valence-electron chi connectivity index (χ0n) is 12.1. The van der Waals surface area contributed by atoms with Gasteiger partial charge < -0.3 is 21.6 Å². The first kappa shape index (κ1) is 17.1. The molecule has 2 amide bonds. The highest BCUT2D eigenvalue weighted by Crippen LogP contribution is 2.30. The molecular formula is C15H13F3N4O2. The molecular weight excluding hydrogens is 325 g/mol. The van der Waals surface area contributed by atoms with Gasteiger partial charge in [-0.1, -0.05) is 23.4 Å². The lowest BCUT2D eigenvalue weighted by atomic mass is 10.2. The van der Waals surface area contributed by atoms with Crippen LogP contribution in [0.2, 0.25) is 0 Å². The van der Waals surface area contributed by atoms with Crippen LogP contribution in [0.3, 0.4) is 0 Å². The molecule has 9 heteroatoms. The zero-order valence-corrected chi connectivity index (χ0v) is 12.1. The molecule has 0 spiro atoms. The number of nitrogens with one attached hydrogen (secondary N) is 2. The molecule has 0 heterocycles. The number of benzene rings is 2. The minimum atomic E-state index is -4.50. The van der Waals surface area contributed by atoms with Crippen LogP contribution in [0.1, 0.15) is 11.1 Å². The van der Waals surface area contributed by atoms with Crippen LogP contribution in [-0.2, 0) is 6.18 Å². The number of anilines is 2. The number of carbonyl (C=O) groups is 1. The van der Waals surface area contributed by atoms with Crippen LogP contribution in [0.4, 0.5) is 29.3 Å². The van der Waals surface area contributed by atoms with E-state index < -0.39 is 17.8 Å². The van der Waals surface area contributed by atoms with E-state index in [1.165, 1.54) is 18.2 Å². The summed E-state index contributed by atoms with van der Waals surface area (Å²) in [5.74, 6) is -0.142. The maximum atomic E-state index is 12.6. The van der Waals surface area contributed by atoms with Crippen molar-refractivity contribution in [3.05, 3.63) is 59.7 Å². The third-order valence-electron chi connectivity index (χ3n) is 2.97. The van der Waals surface area contributed by atoms with Crippen LogP contribution in [0.15, 0.2) is 53.7 Å². The van der Waals surface area contributed by atoms with Crippen molar-refractivity contribution in [3.63, 3.8) is 0 Å². The van der Waals surface area contributed by atoms with E-state index in [-0.39, 0.29) is 11.5 Å². The molecule has 2 aromatic rings. The van der Waals surface area contributed by atoms with Gasteiger partial charge in [0, 0.05) is 16.9 Å². The van der Waals surface area contributed by atoms with Crippen LogP contribution in [-0.4, -0.2) is 17.1 Å². The summed E-state index contributed by atoms with van der Waals surface area (Å²) in [6.45, 7) is 0. The lowest BCUT2D eigenvalue weighted by molar-refractivity contribution is -0.137. The molecule has 0 aliphatic carbocycles. The second-order valence-corrected chi connectivity index (χ2v) is 4.72. The van der Waals surface area contributed by atoms with Crippen molar-refractivity contribution in [3.8, 4) is 0 Å². The maximum Gasteiger partial charge on any atom is 0.416 e. The number of oxime groups is 1. The molecule has 0 fully saturated rings. The third-order valence-corrected chi connectivity index (χ3v) is 2.97. The maximum absolute atomic E-state index is 12.6. The normalized spacial score (nSPS) is 11.9. The summed E-state index contributed by atoms with van der Waals surface area (Å²) < 4.78 is 37.9. The molecule has 0 radical (unpaired) electrons. The molecule has 0 bridgehead atoms. The molecule has 0 saturated carbocycles. The Morgan fingerprint density at radius 1 is 1.04 bits per heavy atom. The first-order chi connectivity index (χ1) is 11.3. The number of amidine groups is 1. The first-order valence-corrected chi connectivity index (χ1v) is 6.63. The highest BCUT2D eigenvalue weighted by Gasteiger charge is 2.30. The fourth-order valence-electron chi connectivity index (χ4n) is 1.88. The van der Waals surface area contributed by atoms with Crippen molar-refractivity contribution >= 4 is 23.2 Å². The molecule has 5 N–H and O–H groups in total. The molecule has 126 valence electrons. The quantitative estimate of drug-likeness (QED) is 0.298. The van der Waals surface area contributed by atoms with Crippen LogP contribution >= 0.6 is 0 Å². The second kappa shape index (κ2) is 6.90. The van der Waals surface area contributed by atoms with Gasteiger partial charge in [-0.15, -0.1) is 0 Å². The topological polar surface area (TPSA) is 99.7 Å². The number of carbonyl (C=O) groups excluding carboxylic acids is 1. The van der Waals surface area contributed by atoms with E-state index in [0.717, 1.165) is 12.1 Å². The van der Waals surface area contributed by atoms with Gasteiger partial charge in [-0.3, -0.25) is 0 Å². The number of urea groups is 1. The Kier molecular flexibility index (Phi) is 4.93. The minimum absolute atomic E-state index is 0.00471. The summed E-state index contributed by atoms with van der Waals surface area (Å²) in [4.78, 5) is 11.9. The fourth-order valence-corrected chi connectivity index (χ4v) is 1.88. The Morgan fingerprint density at radius 2 is 1.62 bits per heavy atom. The van der Waals surface area contributed by atoms with Crippen molar-refractivity contribution in [2.24, 2.45) is 10.9 Å². The fraction of sp³-hybridized carbons (Fsp3) is 0.0667. The largest absolute Gasteiger partial charge is 0.416 e. The van der Waals surface area contributed by atoms with Gasteiger partial charge in [0.15, 0.2) is 5.84 Å². The van der Waals surface area contributed by atoms with Gasteiger partial charge >= 0.3 is 12.2 Å². The molecule has 0 aliphatic rings. The summed E-state index contributed by atoms with van der Waals surface area (Å²) >= 11 is 0. The summed E-state index contributed by atoms with van der Waals surface area (Å²) in [5.41, 5.74) is 5.26. The van der Waals surface area contributed by atoms with Gasteiger partial charge in [0.05, 0.1) is 5.56 Å². The van der Waals surface area contributed by atoms with Gasteiger partial charge in [-0.05, 0) is 30.3 Å². The molecule has 0 atom stereocenters. The Balaban J connectivity index is 2.09. The average Bonchev–Trinajstić information content (AvgIpc) is 2.53. The molecule has 0 aromatic heterocycles. The third kappa shape index (κ3) is 4.38. The average molecular weight is 338 g/mol. The summed E-state index contributed by atoms with van der Waals surface area (Å²) in [5, 5.41) is 16.2. The van der Waals surface area contributed by atoms with Crippen LogP contribution in [0.25, 0.3) is 0 Å². The van der Waals surface area contributed by atoms with E-state index in [1.807, 2.05) is 0 Å². The number of rotatable bonds is 3. The number of nitrogens with zero attached hydrogens (tertiary/aromatic N) is 1. The highest BCUT2D eigenvalue weighted by molar-refractivity contribution is 6.02. The molecule has 24 heavy (non-hydrogen) atoms. The summed E-state index contributed by atoms with van der Waals surface area (Å²) in [6, 6.07) is 9.64. The second-order valence-electron chi connectivity index (χ2n) is 4.72. The van der Waals surface area contributed by atoms with E-state index in [9.17, 15) is 18.0 Å². The number of hydrogen-bond donors (Lipinski definition) is 4. The Labute approximate surface area is 134 Å². The van der Waals surface area contributed by atoms with Crippen molar-refractivity contribution in [2.45, 2.75) is 6.18 Å². The van der Waals surface area contributed by atoms with Crippen molar-refractivity contribution < 1.29 is 23.2 Å². The number of amides is 2. The van der Waals surface area contributed by atoms with Crippen LogP contribution in [0, 0.1) is 0 Å². The minimum Gasteiger partial charge on any atom is -0.409 e. The van der Waals surface area contributed by atoms with E-state index in [2.05, 4.69) is 15.8 Å². The van der Waals surface area contributed by atoms with E-state index in [4.69, 9.17) is 10.9 Å². The Hall–Kier alpha value is -3.23. The zero-order chi connectivity index (χ0) is 17.7. The number of alkyl halides is 3. The lowest BCUT2D eigenvalue weighted by Crippen LogP contribution is -2.20. The monoisotopic (exact) mass is 338 g/mol. The SMILES string of the molecule is NC(=NO)c1cccc(NC(=O)Nc2cccc(C(F)(F)F)c2)c1. The van der Waals surface area contributed by atoms with Gasteiger partial charge in [0.25, 0.3) is 0 Å². The molecule has 0 aliphatic heterocycles. The van der Waals surface area contributed by atoms with Gasteiger partial charge in [-0.2, -0.15) is 13.2 Å². The van der Waals surface area contributed by atoms with Crippen LogP contribution < -0.4 is 16.4 Å². The lowest BCUT2D eigenvalue weighted by Gasteiger charge is -2.11. The number of halogens is 3. The molecule has 2 aromatic carbocycles. The van der Waals surface area contributed by atoms with E-state index >= 15 is 0 Å². The van der Waals surface area contributed by atoms with E-state index in [1.54, 1.807) is 18.2 Å².